The van der Waals surface area contributed by atoms with Crippen molar-refractivity contribution >= 4 is 27.5 Å². The van der Waals surface area contributed by atoms with E-state index in [9.17, 15) is 18.0 Å². The van der Waals surface area contributed by atoms with Crippen LogP contribution >= 0.6 is 0 Å². The molecular weight excluding hydrogens is 430 g/mol. The molecule has 0 spiro atoms. The average molecular weight is 456 g/mol. The fourth-order valence-corrected chi connectivity index (χ4v) is 4.61. The van der Waals surface area contributed by atoms with Gasteiger partial charge in [0.2, 0.25) is 10.0 Å². The van der Waals surface area contributed by atoms with Gasteiger partial charge in [-0.3, -0.25) is 9.59 Å². The molecule has 0 saturated heterocycles. The molecule has 32 heavy (non-hydrogen) atoms. The molecule has 2 amide bonds. The summed E-state index contributed by atoms with van der Waals surface area (Å²) in [4.78, 5) is 24.7. The lowest BCUT2D eigenvalue weighted by Crippen LogP contribution is -2.31. The maximum absolute atomic E-state index is 12.7. The lowest BCUT2D eigenvalue weighted by atomic mass is 10.2. The Kier molecular flexibility index (Phi) is 7.45. The molecule has 0 bridgehead atoms. The minimum atomic E-state index is -3.64. The van der Waals surface area contributed by atoms with Crippen LogP contribution in [-0.4, -0.2) is 37.6 Å². The Morgan fingerprint density at radius 2 is 1.66 bits per heavy atom. The van der Waals surface area contributed by atoms with E-state index in [0.717, 1.165) is 5.56 Å². The maximum Gasteiger partial charge on any atom is 0.291 e. The van der Waals surface area contributed by atoms with Gasteiger partial charge >= 0.3 is 0 Å². The Hall–Kier alpha value is -3.43. The number of carbonyl (C=O) groups is 2. The van der Waals surface area contributed by atoms with E-state index in [2.05, 4.69) is 10.6 Å². The molecule has 1 heterocycles. The van der Waals surface area contributed by atoms with Crippen molar-refractivity contribution in [2.45, 2.75) is 25.3 Å². The number of anilines is 1. The third-order valence-electron chi connectivity index (χ3n) is 4.85. The summed E-state index contributed by atoms with van der Waals surface area (Å²) in [6, 6.07) is 16.2. The van der Waals surface area contributed by atoms with Crippen LogP contribution in [0.15, 0.2) is 76.2 Å². The SMILES string of the molecule is CCN(CC)S(=O)(=O)c1cccc(C(=O)NCc2ccc(NC(=O)c3ccco3)cc2)c1. The zero-order valence-electron chi connectivity index (χ0n) is 17.9. The number of carbonyl (C=O) groups excluding carboxylic acids is 2. The highest BCUT2D eigenvalue weighted by molar-refractivity contribution is 7.89. The normalized spacial score (nSPS) is 11.3. The Balaban J connectivity index is 1.62. The van der Waals surface area contributed by atoms with Crippen LogP contribution in [0.5, 0.6) is 0 Å². The maximum atomic E-state index is 12.7. The monoisotopic (exact) mass is 455 g/mol. The third-order valence-corrected chi connectivity index (χ3v) is 6.90. The van der Waals surface area contributed by atoms with Gasteiger partial charge in [0.15, 0.2) is 5.76 Å². The van der Waals surface area contributed by atoms with Crippen LogP contribution in [0.4, 0.5) is 5.69 Å². The van der Waals surface area contributed by atoms with Crippen LogP contribution in [0.25, 0.3) is 0 Å². The Bertz CT molecular complexity index is 1170. The first-order valence-electron chi connectivity index (χ1n) is 10.2. The van der Waals surface area contributed by atoms with Crippen molar-refractivity contribution < 1.29 is 22.4 Å². The number of rotatable bonds is 9. The first-order valence-corrected chi connectivity index (χ1v) is 11.6. The smallest absolute Gasteiger partial charge is 0.291 e. The summed E-state index contributed by atoms with van der Waals surface area (Å²) in [5.74, 6) is -0.515. The summed E-state index contributed by atoms with van der Waals surface area (Å²) in [5, 5.41) is 5.50. The minimum Gasteiger partial charge on any atom is -0.459 e. The van der Waals surface area contributed by atoms with Gasteiger partial charge in [0.25, 0.3) is 11.8 Å². The Labute approximate surface area is 187 Å². The molecule has 0 fully saturated rings. The van der Waals surface area contributed by atoms with Gasteiger partial charge in [-0.05, 0) is 48.0 Å². The summed E-state index contributed by atoms with van der Waals surface area (Å²) in [5.41, 5.74) is 1.68. The van der Waals surface area contributed by atoms with Crippen LogP contribution in [-0.2, 0) is 16.6 Å². The van der Waals surface area contributed by atoms with E-state index in [4.69, 9.17) is 4.42 Å². The number of benzene rings is 2. The molecule has 0 unspecified atom stereocenters. The topological polar surface area (TPSA) is 109 Å². The van der Waals surface area contributed by atoms with Crippen molar-refractivity contribution in [2.75, 3.05) is 18.4 Å². The second-order valence-corrected chi connectivity index (χ2v) is 8.87. The van der Waals surface area contributed by atoms with Gasteiger partial charge in [-0.25, -0.2) is 8.42 Å². The molecule has 1 aromatic heterocycles. The van der Waals surface area contributed by atoms with Gasteiger partial charge in [0.1, 0.15) is 0 Å². The predicted molar refractivity (Wildman–Crippen MR) is 121 cm³/mol. The number of hydrogen-bond donors (Lipinski definition) is 2. The lowest BCUT2D eigenvalue weighted by molar-refractivity contribution is 0.0949. The molecule has 2 aromatic carbocycles. The van der Waals surface area contributed by atoms with E-state index in [1.807, 2.05) is 0 Å². The fourth-order valence-electron chi connectivity index (χ4n) is 3.10. The first kappa shape index (κ1) is 23.2. The van der Waals surface area contributed by atoms with Crippen LogP contribution in [0.1, 0.15) is 40.3 Å². The average Bonchev–Trinajstić information content (AvgIpc) is 3.34. The van der Waals surface area contributed by atoms with Crippen molar-refractivity contribution in [1.82, 2.24) is 9.62 Å². The minimum absolute atomic E-state index is 0.0884. The van der Waals surface area contributed by atoms with E-state index >= 15 is 0 Å². The molecule has 0 aliphatic carbocycles. The molecule has 2 N–H and O–H groups in total. The number of sulfonamides is 1. The number of nitrogens with one attached hydrogen (secondary N) is 2. The summed E-state index contributed by atoms with van der Waals surface area (Å²) in [6.07, 6.45) is 1.43. The van der Waals surface area contributed by atoms with Crippen LogP contribution in [0.2, 0.25) is 0 Å². The molecule has 168 valence electrons. The van der Waals surface area contributed by atoms with E-state index in [0.29, 0.717) is 18.8 Å². The van der Waals surface area contributed by atoms with Gasteiger partial charge in [-0.15, -0.1) is 0 Å². The second kappa shape index (κ2) is 10.3. The quantitative estimate of drug-likeness (QED) is 0.513. The number of amides is 2. The molecule has 0 aliphatic heterocycles. The van der Waals surface area contributed by atoms with Gasteiger partial charge in [-0.2, -0.15) is 4.31 Å². The van der Waals surface area contributed by atoms with E-state index < -0.39 is 10.0 Å². The molecule has 0 atom stereocenters. The van der Waals surface area contributed by atoms with Crippen molar-refractivity contribution in [3.63, 3.8) is 0 Å². The molecule has 0 aliphatic rings. The highest BCUT2D eigenvalue weighted by atomic mass is 32.2. The Morgan fingerprint density at radius 3 is 2.28 bits per heavy atom. The van der Waals surface area contributed by atoms with E-state index in [-0.39, 0.29) is 34.6 Å². The van der Waals surface area contributed by atoms with Gasteiger partial charge in [0, 0.05) is 30.9 Å². The predicted octanol–water partition coefficient (Wildman–Crippen LogP) is 3.49. The van der Waals surface area contributed by atoms with Gasteiger partial charge in [0.05, 0.1) is 11.2 Å². The van der Waals surface area contributed by atoms with Crippen molar-refractivity contribution in [3.8, 4) is 0 Å². The molecule has 0 saturated carbocycles. The standard InChI is InChI=1S/C23H25N3O5S/c1-3-26(4-2)32(29,30)20-8-5-7-18(15-20)22(27)24-16-17-10-12-19(13-11-17)25-23(28)21-9-6-14-31-21/h5-15H,3-4,16H2,1-2H3,(H,24,27)(H,25,28). The first-order chi connectivity index (χ1) is 15.3. The van der Waals surface area contributed by atoms with Crippen molar-refractivity contribution in [2.24, 2.45) is 0 Å². The zero-order chi connectivity index (χ0) is 23.1. The molecule has 3 rings (SSSR count). The summed E-state index contributed by atoms with van der Waals surface area (Å²) in [6.45, 7) is 4.50. The highest BCUT2D eigenvalue weighted by Gasteiger charge is 2.22. The van der Waals surface area contributed by atoms with Crippen LogP contribution in [0.3, 0.4) is 0 Å². The van der Waals surface area contributed by atoms with Crippen molar-refractivity contribution in [1.29, 1.82) is 0 Å². The molecule has 0 radical (unpaired) electrons. The molecule has 9 heteroatoms. The van der Waals surface area contributed by atoms with Gasteiger partial charge < -0.3 is 15.1 Å². The van der Waals surface area contributed by atoms with Crippen molar-refractivity contribution in [3.05, 3.63) is 83.8 Å². The zero-order valence-corrected chi connectivity index (χ0v) is 18.7. The second-order valence-electron chi connectivity index (χ2n) is 6.93. The van der Waals surface area contributed by atoms with E-state index in [1.54, 1.807) is 62.4 Å². The Morgan fingerprint density at radius 1 is 0.938 bits per heavy atom. The highest BCUT2D eigenvalue weighted by Crippen LogP contribution is 2.17. The summed E-state index contributed by atoms with van der Waals surface area (Å²) >= 11 is 0. The number of furan rings is 1. The van der Waals surface area contributed by atoms with Crippen LogP contribution in [0, 0.1) is 0 Å². The van der Waals surface area contributed by atoms with Crippen LogP contribution < -0.4 is 10.6 Å². The number of hydrogen-bond acceptors (Lipinski definition) is 5. The fraction of sp³-hybridized carbons (Fsp3) is 0.217. The molecule has 3 aromatic rings. The number of nitrogens with zero attached hydrogens (tertiary/aromatic N) is 1. The van der Waals surface area contributed by atoms with Gasteiger partial charge in [-0.1, -0.05) is 32.0 Å². The lowest BCUT2D eigenvalue weighted by Gasteiger charge is -2.18. The summed E-state index contributed by atoms with van der Waals surface area (Å²) < 4.78 is 31.8. The molecule has 8 nitrogen and oxygen atoms in total. The van der Waals surface area contributed by atoms with E-state index in [1.165, 1.54) is 22.7 Å². The third kappa shape index (κ3) is 5.43. The largest absolute Gasteiger partial charge is 0.459 e. The molecular formula is C23H25N3O5S. The summed E-state index contributed by atoms with van der Waals surface area (Å²) in [7, 11) is -3.64.